The normalized spacial score (nSPS) is 10.8. The third-order valence-corrected chi connectivity index (χ3v) is 4.89. The van der Waals surface area contributed by atoms with E-state index in [-0.39, 0.29) is 5.91 Å². The van der Waals surface area contributed by atoms with E-state index in [0.717, 1.165) is 14.7 Å². The van der Waals surface area contributed by atoms with Crippen LogP contribution in [0.2, 0.25) is 10.0 Å². The number of nitrogens with zero attached hydrogens (tertiary/aromatic N) is 1. The molecule has 0 saturated heterocycles. The van der Waals surface area contributed by atoms with Gasteiger partial charge in [-0.1, -0.05) is 40.6 Å². The van der Waals surface area contributed by atoms with Gasteiger partial charge in [-0.3, -0.25) is 10.1 Å². The number of carbonyl (C=O) groups is 1. The van der Waals surface area contributed by atoms with Gasteiger partial charge in [-0.15, -0.1) is 0 Å². The Morgan fingerprint density at radius 3 is 2.76 bits per heavy atom. The maximum absolute atomic E-state index is 12.2. The molecule has 1 heterocycles. The predicted molar refractivity (Wildman–Crippen MR) is 91.7 cm³/mol. The summed E-state index contributed by atoms with van der Waals surface area (Å²) in [7, 11) is 0. The van der Waals surface area contributed by atoms with Crippen LogP contribution in [0.15, 0.2) is 40.9 Å². The van der Waals surface area contributed by atoms with Crippen molar-refractivity contribution in [3.63, 3.8) is 0 Å². The van der Waals surface area contributed by atoms with Crippen LogP contribution in [0.5, 0.6) is 0 Å². The molecule has 0 radical (unpaired) electrons. The molecule has 2 aromatic carbocycles. The summed E-state index contributed by atoms with van der Waals surface area (Å²) in [4.78, 5) is 16.6. The number of carbonyl (C=O) groups excluding carboxylic acids is 1. The van der Waals surface area contributed by atoms with Crippen molar-refractivity contribution >= 4 is 71.7 Å². The second-order valence-corrected chi connectivity index (χ2v) is 6.91. The third-order valence-electron chi connectivity index (χ3n) is 2.77. The van der Waals surface area contributed by atoms with Gasteiger partial charge in [0, 0.05) is 9.50 Å². The van der Waals surface area contributed by atoms with Gasteiger partial charge in [0.25, 0.3) is 5.91 Å². The van der Waals surface area contributed by atoms with Crippen LogP contribution >= 0.6 is 50.5 Å². The van der Waals surface area contributed by atoms with Crippen LogP contribution in [0.3, 0.4) is 0 Å². The highest BCUT2D eigenvalue weighted by atomic mass is 79.9. The molecule has 1 amide bonds. The SMILES string of the molecule is O=C(Nc1nc2c(Br)cccc2s1)c1ccc(Cl)cc1Cl. The molecular formula is C14H7BrCl2N2OS. The molecule has 106 valence electrons. The highest BCUT2D eigenvalue weighted by Crippen LogP contribution is 2.31. The first-order chi connectivity index (χ1) is 10.0. The lowest BCUT2D eigenvalue weighted by Gasteiger charge is -2.04. The third kappa shape index (κ3) is 3.06. The van der Waals surface area contributed by atoms with E-state index in [2.05, 4.69) is 26.2 Å². The summed E-state index contributed by atoms with van der Waals surface area (Å²) in [6.07, 6.45) is 0. The van der Waals surface area contributed by atoms with E-state index in [1.165, 1.54) is 17.4 Å². The molecule has 0 bridgehead atoms. The molecule has 21 heavy (non-hydrogen) atoms. The molecule has 0 saturated carbocycles. The van der Waals surface area contributed by atoms with Gasteiger partial charge in [-0.05, 0) is 46.3 Å². The van der Waals surface area contributed by atoms with Gasteiger partial charge in [0.1, 0.15) is 0 Å². The Balaban J connectivity index is 1.91. The number of fused-ring (bicyclic) bond motifs is 1. The van der Waals surface area contributed by atoms with Gasteiger partial charge in [0.05, 0.1) is 20.8 Å². The van der Waals surface area contributed by atoms with Crippen LogP contribution in [0.1, 0.15) is 10.4 Å². The lowest BCUT2D eigenvalue weighted by atomic mass is 10.2. The molecule has 3 aromatic rings. The van der Waals surface area contributed by atoms with E-state index < -0.39 is 0 Å². The van der Waals surface area contributed by atoms with Gasteiger partial charge >= 0.3 is 0 Å². The monoisotopic (exact) mass is 400 g/mol. The first-order valence-corrected chi connectivity index (χ1v) is 8.22. The number of aromatic nitrogens is 1. The van der Waals surface area contributed by atoms with Crippen molar-refractivity contribution < 1.29 is 4.79 Å². The highest BCUT2D eigenvalue weighted by Gasteiger charge is 2.14. The smallest absolute Gasteiger partial charge is 0.258 e. The molecular weight excluding hydrogens is 395 g/mol. The van der Waals surface area contributed by atoms with Crippen LogP contribution in [-0.4, -0.2) is 10.9 Å². The minimum Gasteiger partial charge on any atom is -0.298 e. The topological polar surface area (TPSA) is 42.0 Å². The number of rotatable bonds is 2. The van der Waals surface area contributed by atoms with Crippen molar-refractivity contribution in [3.05, 3.63) is 56.5 Å². The summed E-state index contributed by atoms with van der Waals surface area (Å²) in [5.41, 5.74) is 1.18. The van der Waals surface area contributed by atoms with Crippen molar-refractivity contribution in [1.82, 2.24) is 4.98 Å². The molecule has 0 spiro atoms. The van der Waals surface area contributed by atoms with E-state index in [4.69, 9.17) is 23.2 Å². The Morgan fingerprint density at radius 1 is 1.24 bits per heavy atom. The van der Waals surface area contributed by atoms with Gasteiger partial charge in [0.2, 0.25) is 0 Å². The van der Waals surface area contributed by atoms with Crippen LogP contribution < -0.4 is 5.32 Å². The van der Waals surface area contributed by atoms with Gasteiger partial charge in [0.15, 0.2) is 5.13 Å². The molecule has 3 nitrogen and oxygen atoms in total. The van der Waals surface area contributed by atoms with Crippen molar-refractivity contribution in [2.24, 2.45) is 0 Å². The van der Waals surface area contributed by atoms with Crippen LogP contribution in [0, 0.1) is 0 Å². The number of hydrogen-bond acceptors (Lipinski definition) is 3. The molecule has 0 aliphatic carbocycles. The van der Waals surface area contributed by atoms with Crippen LogP contribution in [-0.2, 0) is 0 Å². The van der Waals surface area contributed by atoms with E-state index in [1.807, 2.05) is 18.2 Å². The fourth-order valence-corrected chi connectivity index (χ4v) is 3.77. The fourth-order valence-electron chi connectivity index (χ4n) is 1.81. The second kappa shape index (κ2) is 5.93. The number of thiazole rings is 1. The lowest BCUT2D eigenvalue weighted by molar-refractivity contribution is 0.102. The zero-order valence-electron chi connectivity index (χ0n) is 10.4. The maximum Gasteiger partial charge on any atom is 0.258 e. The quantitative estimate of drug-likeness (QED) is 0.605. The average molecular weight is 402 g/mol. The number of nitrogens with one attached hydrogen (secondary N) is 1. The maximum atomic E-state index is 12.2. The Labute approximate surface area is 143 Å². The molecule has 1 aromatic heterocycles. The predicted octanol–water partition coefficient (Wildman–Crippen LogP) is 5.62. The van der Waals surface area contributed by atoms with Crippen LogP contribution in [0.4, 0.5) is 5.13 Å². The van der Waals surface area contributed by atoms with Crippen molar-refractivity contribution in [2.75, 3.05) is 5.32 Å². The first-order valence-electron chi connectivity index (χ1n) is 5.86. The number of halogens is 3. The van der Waals surface area contributed by atoms with E-state index in [1.54, 1.807) is 12.1 Å². The average Bonchev–Trinajstić information content (AvgIpc) is 2.82. The molecule has 0 fully saturated rings. The van der Waals surface area contributed by atoms with E-state index in [9.17, 15) is 4.79 Å². The molecule has 0 atom stereocenters. The number of benzene rings is 2. The van der Waals surface area contributed by atoms with Gasteiger partial charge in [-0.2, -0.15) is 0 Å². The Kier molecular flexibility index (Phi) is 4.17. The minimum atomic E-state index is -0.313. The molecule has 7 heteroatoms. The van der Waals surface area contributed by atoms with Crippen molar-refractivity contribution in [3.8, 4) is 0 Å². The summed E-state index contributed by atoms with van der Waals surface area (Å²) < 4.78 is 1.88. The summed E-state index contributed by atoms with van der Waals surface area (Å²) in [6.45, 7) is 0. The Hall–Kier alpha value is -1.14. The molecule has 0 aliphatic rings. The number of hydrogen-bond donors (Lipinski definition) is 1. The summed E-state index contributed by atoms with van der Waals surface area (Å²) >= 11 is 16.7. The number of anilines is 1. The highest BCUT2D eigenvalue weighted by molar-refractivity contribution is 9.10. The zero-order valence-corrected chi connectivity index (χ0v) is 14.3. The van der Waals surface area contributed by atoms with Crippen molar-refractivity contribution in [2.45, 2.75) is 0 Å². The molecule has 1 N–H and O–H groups in total. The first kappa shape index (κ1) is 14.8. The summed E-state index contributed by atoms with van der Waals surface area (Å²) in [5.74, 6) is -0.313. The summed E-state index contributed by atoms with van der Waals surface area (Å²) in [6, 6.07) is 10.5. The number of para-hydroxylation sites is 1. The molecule has 3 rings (SSSR count). The lowest BCUT2D eigenvalue weighted by Crippen LogP contribution is -2.12. The second-order valence-electron chi connectivity index (χ2n) is 4.18. The van der Waals surface area contributed by atoms with Crippen molar-refractivity contribution in [1.29, 1.82) is 0 Å². The van der Waals surface area contributed by atoms with Gasteiger partial charge < -0.3 is 0 Å². The van der Waals surface area contributed by atoms with Crippen LogP contribution in [0.25, 0.3) is 10.2 Å². The molecule has 0 aliphatic heterocycles. The zero-order chi connectivity index (χ0) is 15.0. The summed E-state index contributed by atoms with van der Waals surface area (Å²) in [5, 5.41) is 4.07. The standard InChI is InChI=1S/C14H7BrCl2N2OS/c15-9-2-1-3-11-12(9)18-14(21-11)19-13(20)8-5-4-7(16)6-10(8)17/h1-6H,(H,18,19,20). The largest absolute Gasteiger partial charge is 0.298 e. The van der Waals surface area contributed by atoms with Gasteiger partial charge in [-0.25, -0.2) is 4.98 Å². The fraction of sp³-hybridized carbons (Fsp3) is 0. The molecule has 0 unspecified atom stereocenters. The number of amides is 1. The van der Waals surface area contributed by atoms with E-state index >= 15 is 0 Å². The Bertz CT molecular complexity index is 850. The minimum absolute atomic E-state index is 0.308. The Morgan fingerprint density at radius 2 is 2.05 bits per heavy atom. The van der Waals surface area contributed by atoms with E-state index in [0.29, 0.717) is 20.7 Å².